The van der Waals surface area contributed by atoms with E-state index in [2.05, 4.69) is 34.5 Å². The summed E-state index contributed by atoms with van der Waals surface area (Å²) >= 11 is 1.95. The lowest BCUT2D eigenvalue weighted by molar-refractivity contribution is 0.0176. The van der Waals surface area contributed by atoms with Crippen molar-refractivity contribution in [1.82, 2.24) is 9.21 Å². The van der Waals surface area contributed by atoms with Crippen LogP contribution < -0.4 is 4.74 Å². The van der Waals surface area contributed by atoms with Crippen molar-refractivity contribution in [3.63, 3.8) is 0 Å². The van der Waals surface area contributed by atoms with Gasteiger partial charge >= 0.3 is 0 Å². The van der Waals surface area contributed by atoms with Crippen molar-refractivity contribution >= 4 is 11.9 Å². The van der Waals surface area contributed by atoms with Crippen LogP contribution >= 0.6 is 11.9 Å². The molecular weight excluding hydrogens is 268 g/mol. The zero-order valence-electron chi connectivity index (χ0n) is 12.2. The average molecular weight is 290 g/mol. The predicted octanol–water partition coefficient (Wildman–Crippen LogP) is 3.00. The third-order valence-electron chi connectivity index (χ3n) is 5.26. The molecule has 0 amide bonds. The van der Waals surface area contributed by atoms with E-state index in [9.17, 15) is 0 Å². The molecule has 3 aliphatic heterocycles. The van der Waals surface area contributed by atoms with E-state index in [-0.39, 0.29) is 0 Å². The first-order chi connectivity index (χ1) is 9.74. The van der Waals surface area contributed by atoms with Gasteiger partial charge in [0.1, 0.15) is 5.75 Å². The molecule has 20 heavy (non-hydrogen) atoms. The minimum atomic E-state index is 0.758. The molecule has 3 atom stereocenters. The minimum Gasteiger partial charge on any atom is -0.497 e. The molecule has 4 heteroatoms. The first kappa shape index (κ1) is 13.0. The van der Waals surface area contributed by atoms with Crippen molar-refractivity contribution in [2.75, 3.05) is 20.7 Å². The molecule has 0 aromatic heterocycles. The Morgan fingerprint density at radius 3 is 2.90 bits per heavy atom. The SMILES string of the molecule is COc1ccc2c(c1)SN(C1CC3CCC1CN3C)C2. The molecule has 2 saturated heterocycles. The van der Waals surface area contributed by atoms with Gasteiger partial charge in [-0.2, -0.15) is 0 Å². The Morgan fingerprint density at radius 2 is 2.20 bits per heavy atom. The molecule has 5 rings (SSSR count). The summed E-state index contributed by atoms with van der Waals surface area (Å²) < 4.78 is 7.98. The average Bonchev–Trinajstić information content (AvgIpc) is 2.90. The molecular formula is C16H22N2OS. The lowest BCUT2D eigenvalue weighted by Crippen LogP contribution is -2.55. The molecule has 3 nitrogen and oxygen atoms in total. The number of hydrogen-bond acceptors (Lipinski definition) is 4. The Kier molecular flexibility index (Phi) is 3.20. The summed E-state index contributed by atoms with van der Waals surface area (Å²) in [6.07, 6.45) is 4.16. The fourth-order valence-corrected chi connectivity index (χ4v) is 5.33. The van der Waals surface area contributed by atoms with Gasteiger partial charge in [-0.05, 0) is 61.9 Å². The van der Waals surface area contributed by atoms with E-state index in [4.69, 9.17) is 4.74 Å². The second-order valence-corrected chi connectivity index (χ2v) is 7.47. The van der Waals surface area contributed by atoms with Crippen molar-refractivity contribution in [3.05, 3.63) is 23.8 Å². The van der Waals surface area contributed by atoms with Crippen molar-refractivity contribution in [1.29, 1.82) is 0 Å². The van der Waals surface area contributed by atoms with E-state index < -0.39 is 0 Å². The molecule has 108 valence electrons. The van der Waals surface area contributed by atoms with Crippen LogP contribution in [-0.2, 0) is 6.54 Å². The van der Waals surface area contributed by atoms with Crippen LogP contribution in [0.25, 0.3) is 0 Å². The van der Waals surface area contributed by atoms with Gasteiger partial charge in [-0.1, -0.05) is 6.07 Å². The fraction of sp³-hybridized carbons (Fsp3) is 0.625. The summed E-state index contributed by atoms with van der Waals surface area (Å²) in [7, 11) is 4.04. The summed E-state index contributed by atoms with van der Waals surface area (Å²) in [5, 5.41) is 0. The molecule has 1 aromatic carbocycles. The number of nitrogens with zero attached hydrogens (tertiary/aromatic N) is 2. The number of hydrogen-bond donors (Lipinski definition) is 0. The highest BCUT2D eigenvalue weighted by atomic mass is 32.2. The summed E-state index contributed by atoms with van der Waals surface area (Å²) in [4.78, 5) is 3.96. The van der Waals surface area contributed by atoms with Crippen LogP contribution in [0.5, 0.6) is 5.75 Å². The van der Waals surface area contributed by atoms with Crippen molar-refractivity contribution in [2.24, 2.45) is 5.92 Å². The van der Waals surface area contributed by atoms with Crippen molar-refractivity contribution in [2.45, 2.75) is 42.8 Å². The van der Waals surface area contributed by atoms with Gasteiger partial charge in [0, 0.05) is 30.1 Å². The normalized spacial score (nSPS) is 33.4. The first-order valence-electron chi connectivity index (χ1n) is 7.56. The molecule has 3 fully saturated rings. The zero-order valence-corrected chi connectivity index (χ0v) is 13.0. The number of ether oxygens (including phenoxy) is 1. The highest BCUT2D eigenvalue weighted by Crippen LogP contribution is 2.46. The topological polar surface area (TPSA) is 15.7 Å². The third kappa shape index (κ3) is 2.05. The highest BCUT2D eigenvalue weighted by Gasteiger charge is 2.43. The first-order valence-corrected chi connectivity index (χ1v) is 8.33. The van der Waals surface area contributed by atoms with Crippen LogP contribution in [0, 0.1) is 5.92 Å². The summed E-state index contributed by atoms with van der Waals surface area (Å²) in [6, 6.07) is 8.07. The van der Waals surface area contributed by atoms with E-state index in [1.54, 1.807) is 7.11 Å². The summed E-state index contributed by atoms with van der Waals surface area (Å²) in [6.45, 7) is 2.38. The Labute approximate surface area is 125 Å². The minimum absolute atomic E-state index is 0.758. The Bertz CT molecular complexity index is 521. The van der Waals surface area contributed by atoms with E-state index >= 15 is 0 Å². The lowest BCUT2D eigenvalue weighted by atomic mass is 9.76. The van der Waals surface area contributed by atoms with Crippen LogP contribution in [0.15, 0.2) is 23.1 Å². The molecule has 3 unspecified atom stereocenters. The Morgan fingerprint density at radius 1 is 1.30 bits per heavy atom. The predicted molar refractivity (Wildman–Crippen MR) is 81.9 cm³/mol. The number of fused-ring (bicyclic) bond motifs is 4. The van der Waals surface area contributed by atoms with Gasteiger partial charge in [0.15, 0.2) is 0 Å². The van der Waals surface area contributed by atoms with E-state index in [1.165, 1.54) is 36.3 Å². The largest absolute Gasteiger partial charge is 0.497 e. The van der Waals surface area contributed by atoms with Gasteiger partial charge in [0.25, 0.3) is 0 Å². The number of methoxy groups -OCH3 is 1. The van der Waals surface area contributed by atoms with Crippen LogP contribution in [0.1, 0.15) is 24.8 Å². The van der Waals surface area contributed by atoms with Crippen molar-refractivity contribution in [3.8, 4) is 5.75 Å². The molecule has 3 heterocycles. The number of piperidine rings is 2. The van der Waals surface area contributed by atoms with Crippen LogP contribution in [0.3, 0.4) is 0 Å². The quantitative estimate of drug-likeness (QED) is 0.778. The van der Waals surface area contributed by atoms with E-state index in [0.717, 1.165) is 30.3 Å². The standard InChI is InChI=1S/C16H22N2OS/c1-17-9-11-3-5-13(17)7-15(11)18-10-12-4-6-14(19-2)8-16(12)20-18/h4,6,8,11,13,15H,3,5,7,9-10H2,1-2H3. The molecule has 0 N–H and O–H groups in total. The van der Waals surface area contributed by atoms with E-state index in [1.807, 2.05) is 11.9 Å². The molecule has 1 saturated carbocycles. The monoisotopic (exact) mass is 290 g/mol. The summed E-state index contributed by atoms with van der Waals surface area (Å²) in [5.74, 6) is 1.83. The maximum atomic E-state index is 5.35. The second kappa shape index (κ2) is 4.93. The third-order valence-corrected chi connectivity index (χ3v) is 6.47. The lowest BCUT2D eigenvalue weighted by Gasteiger charge is -2.50. The maximum Gasteiger partial charge on any atom is 0.120 e. The number of benzene rings is 1. The van der Waals surface area contributed by atoms with Crippen LogP contribution in [0.4, 0.5) is 0 Å². The second-order valence-electron chi connectivity index (χ2n) is 6.37. The number of rotatable bonds is 2. The maximum absolute atomic E-state index is 5.35. The molecule has 4 aliphatic rings. The fourth-order valence-electron chi connectivity index (χ4n) is 4.06. The van der Waals surface area contributed by atoms with Crippen LogP contribution in [0.2, 0.25) is 0 Å². The van der Waals surface area contributed by atoms with Gasteiger partial charge in [0.2, 0.25) is 0 Å². The Balaban J connectivity index is 1.52. The Hall–Kier alpha value is -0.710. The molecule has 2 bridgehead atoms. The van der Waals surface area contributed by atoms with Crippen LogP contribution in [-0.4, -0.2) is 42.0 Å². The molecule has 1 aliphatic carbocycles. The van der Waals surface area contributed by atoms with Crippen molar-refractivity contribution < 1.29 is 4.74 Å². The molecule has 0 radical (unpaired) electrons. The van der Waals surface area contributed by atoms with Gasteiger partial charge in [-0.25, -0.2) is 4.31 Å². The smallest absolute Gasteiger partial charge is 0.120 e. The van der Waals surface area contributed by atoms with Gasteiger partial charge in [-0.15, -0.1) is 0 Å². The van der Waals surface area contributed by atoms with Gasteiger partial charge in [-0.3, -0.25) is 0 Å². The van der Waals surface area contributed by atoms with Gasteiger partial charge in [0.05, 0.1) is 7.11 Å². The summed E-state index contributed by atoms with van der Waals surface area (Å²) in [5.41, 5.74) is 1.46. The zero-order chi connectivity index (χ0) is 13.7. The molecule has 1 aromatic rings. The molecule has 0 spiro atoms. The van der Waals surface area contributed by atoms with E-state index in [0.29, 0.717) is 0 Å². The highest BCUT2D eigenvalue weighted by molar-refractivity contribution is 7.97. The van der Waals surface area contributed by atoms with Gasteiger partial charge < -0.3 is 9.64 Å².